The molecule has 2 atom stereocenters. The number of carbonyl (C=O) groups excluding carboxylic acids is 3. The predicted octanol–water partition coefficient (Wildman–Crippen LogP) is 3.34. The smallest absolute Gasteiger partial charge is 0.357 e. The van der Waals surface area contributed by atoms with E-state index in [0.717, 1.165) is 16.8 Å². The molecule has 10 heteroatoms. The van der Waals surface area contributed by atoms with Crippen molar-refractivity contribution in [2.45, 2.75) is 17.5 Å². The molecule has 0 unspecified atom stereocenters. The lowest BCUT2D eigenvalue weighted by Crippen LogP contribution is -2.71. The number of para-hydroxylation sites is 1. The maximum absolute atomic E-state index is 14.1. The van der Waals surface area contributed by atoms with Crippen LogP contribution >= 0.6 is 11.8 Å². The summed E-state index contributed by atoms with van der Waals surface area (Å²) in [5, 5.41) is 2.36. The monoisotopic (exact) mass is 585 g/mol. The second kappa shape index (κ2) is 12.7. The third-order valence-electron chi connectivity index (χ3n) is 7.39. The van der Waals surface area contributed by atoms with Crippen LogP contribution in [0.15, 0.2) is 102 Å². The fourth-order valence-corrected chi connectivity index (χ4v) is 6.68. The number of rotatable bonds is 9. The van der Waals surface area contributed by atoms with Gasteiger partial charge in [0, 0.05) is 18.8 Å². The van der Waals surface area contributed by atoms with Gasteiger partial charge in [-0.1, -0.05) is 78.9 Å². The van der Waals surface area contributed by atoms with Crippen LogP contribution in [0.4, 0.5) is 0 Å². The van der Waals surface area contributed by atoms with Crippen LogP contribution in [-0.4, -0.2) is 77.7 Å². The summed E-state index contributed by atoms with van der Waals surface area (Å²) in [6, 6.07) is 27.3. The molecular weight excluding hydrogens is 554 g/mol. The molecule has 0 radical (unpaired) electrons. The first-order chi connectivity index (χ1) is 20.6. The third-order valence-corrected chi connectivity index (χ3v) is 8.66. The molecule has 1 N–H and O–H groups in total. The zero-order chi connectivity index (χ0) is 28.9. The molecule has 3 aliphatic heterocycles. The SMILES string of the molecule is O=C(COc1ccccc1)N[C@H]1C(=O)N2C(C(=O)OC(c3ccccc3)c3ccccc3)=C(N3CCOCC3)CS[C@@H]12. The lowest BCUT2D eigenvalue weighted by molar-refractivity contribution is -0.155. The molecule has 3 aromatic carbocycles. The van der Waals surface area contributed by atoms with Gasteiger partial charge in [-0.15, -0.1) is 11.8 Å². The van der Waals surface area contributed by atoms with Gasteiger partial charge in [0.05, 0.1) is 18.9 Å². The van der Waals surface area contributed by atoms with Crippen molar-refractivity contribution in [3.8, 4) is 5.75 Å². The normalized spacial score (nSPS) is 20.1. The van der Waals surface area contributed by atoms with Crippen LogP contribution in [0.25, 0.3) is 0 Å². The third kappa shape index (κ3) is 5.86. The Labute approximate surface area is 248 Å². The molecule has 0 aliphatic carbocycles. The van der Waals surface area contributed by atoms with Crippen molar-refractivity contribution in [2.75, 3.05) is 38.7 Å². The maximum atomic E-state index is 14.1. The van der Waals surface area contributed by atoms with E-state index in [4.69, 9.17) is 14.2 Å². The van der Waals surface area contributed by atoms with Gasteiger partial charge in [-0.25, -0.2) is 4.79 Å². The number of hydrogen-bond donors (Lipinski definition) is 1. The molecule has 2 fully saturated rings. The zero-order valence-corrected chi connectivity index (χ0v) is 23.7. The molecular formula is C32H31N3O6S. The van der Waals surface area contributed by atoms with E-state index in [2.05, 4.69) is 10.2 Å². The molecule has 2 amide bonds. The van der Waals surface area contributed by atoms with Crippen molar-refractivity contribution in [2.24, 2.45) is 0 Å². The van der Waals surface area contributed by atoms with E-state index in [-0.39, 0.29) is 18.2 Å². The van der Waals surface area contributed by atoms with Crippen molar-refractivity contribution in [3.63, 3.8) is 0 Å². The molecule has 42 heavy (non-hydrogen) atoms. The van der Waals surface area contributed by atoms with Crippen LogP contribution in [0.5, 0.6) is 5.75 Å². The number of fused-ring (bicyclic) bond motifs is 1. The molecule has 3 aromatic rings. The first-order valence-electron chi connectivity index (χ1n) is 13.9. The molecule has 0 aromatic heterocycles. The fourth-order valence-electron chi connectivity index (χ4n) is 5.30. The minimum atomic E-state index is -0.769. The molecule has 6 rings (SSSR count). The van der Waals surface area contributed by atoms with Gasteiger partial charge in [-0.3, -0.25) is 14.5 Å². The summed E-state index contributed by atoms with van der Waals surface area (Å²) >= 11 is 1.52. The summed E-state index contributed by atoms with van der Waals surface area (Å²) in [7, 11) is 0. The molecule has 3 heterocycles. The van der Waals surface area contributed by atoms with Crippen LogP contribution in [-0.2, 0) is 23.9 Å². The summed E-state index contributed by atoms with van der Waals surface area (Å²) in [6.07, 6.45) is -0.659. The van der Waals surface area contributed by atoms with Crippen LogP contribution < -0.4 is 10.1 Å². The molecule has 0 saturated carbocycles. The number of hydrogen-bond acceptors (Lipinski definition) is 8. The van der Waals surface area contributed by atoms with Crippen molar-refractivity contribution in [1.29, 1.82) is 0 Å². The molecule has 9 nitrogen and oxygen atoms in total. The number of esters is 1. The molecule has 216 valence electrons. The number of nitrogens with one attached hydrogen (secondary N) is 1. The molecule has 0 bridgehead atoms. The fraction of sp³-hybridized carbons (Fsp3) is 0.281. The summed E-state index contributed by atoms with van der Waals surface area (Å²) in [5.74, 6) is -0.278. The van der Waals surface area contributed by atoms with Gasteiger partial charge in [0.2, 0.25) is 0 Å². The highest BCUT2D eigenvalue weighted by Gasteiger charge is 2.55. The highest BCUT2D eigenvalue weighted by Crippen LogP contribution is 2.42. The Morgan fingerprint density at radius 3 is 2.12 bits per heavy atom. The van der Waals surface area contributed by atoms with Crippen molar-refractivity contribution in [1.82, 2.24) is 15.1 Å². The van der Waals surface area contributed by atoms with Gasteiger partial charge in [0.25, 0.3) is 11.8 Å². The van der Waals surface area contributed by atoms with Crippen LogP contribution in [0, 0.1) is 0 Å². The quantitative estimate of drug-likeness (QED) is 0.302. The van der Waals surface area contributed by atoms with Crippen molar-refractivity contribution in [3.05, 3.63) is 114 Å². The Balaban J connectivity index is 1.24. The Kier molecular flexibility index (Phi) is 8.43. The first-order valence-corrected chi connectivity index (χ1v) is 14.9. The number of nitrogens with zero attached hydrogens (tertiary/aromatic N) is 2. The summed E-state index contributed by atoms with van der Waals surface area (Å²) in [5.41, 5.74) is 2.63. The minimum absolute atomic E-state index is 0.217. The number of thioether (sulfide) groups is 1. The Morgan fingerprint density at radius 1 is 0.905 bits per heavy atom. The maximum Gasteiger partial charge on any atom is 0.357 e. The Morgan fingerprint density at radius 2 is 1.50 bits per heavy atom. The lowest BCUT2D eigenvalue weighted by atomic mass is 10.0. The summed E-state index contributed by atoms with van der Waals surface area (Å²) in [4.78, 5) is 43.9. The number of morpholine rings is 1. The van der Waals surface area contributed by atoms with Crippen molar-refractivity contribution < 1.29 is 28.6 Å². The van der Waals surface area contributed by atoms with Crippen LogP contribution in [0.1, 0.15) is 17.2 Å². The Hall–Kier alpha value is -4.28. The zero-order valence-electron chi connectivity index (χ0n) is 22.9. The van der Waals surface area contributed by atoms with Crippen molar-refractivity contribution >= 4 is 29.5 Å². The number of amides is 2. The Bertz CT molecular complexity index is 1410. The number of benzene rings is 3. The van der Waals surface area contributed by atoms with Crippen LogP contribution in [0.3, 0.4) is 0 Å². The van der Waals surface area contributed by atoms with E-state index in [1.54, 1.807) is 12.1 Å². The van der Waals surface area contributed by atoms with E-state index in [1.165, 1.54) is 16.7 Å². The largest absolute Gasteiger partial charge is 0.484 e. The molecule has 3 aliphatic rings. The van der Waals surface area contributed by atoms with Gasteiger partial charge >= 0.3 is 5.97 Å². The van der Waals surface area contributed by atoms with Gasteiger partial charge in [-0.2, -0.15) is 0 Å². The van der Waals surface area contributed by atoms with Crippen LogP contribution in [0.2, 0.25) is 0 Å². The van der Waals surface area contributed by atoms with E-state index >= 15 is 0 Å². The molecule has 0 spiro atoms. The first kappa shape index (κ1) is 27.9. The second-order valence-electron chi connectivity index (χ2n) is 10.1. The van der Waals surface area contributed by atoms with Gasteiger partial charge in [0.15, 0.2) is 18.4 Å². The molecule has 2 saturated heterocycles. The topological polar surface area (TPSA) is 97.4 Å². The average Bonchev–Trinajstić information content (AvgIpc) is 3.06. The average molecular weight is 586 g/mol. The van der Waals surface area contributed by atoms with Gasteiger partial charge < -0.3 is 24.4 Å². The summed E-state index contributed by atoms with van der Waals surface area (Å²) < 4.78 is 17.3. The van der Waals surface area contributed by atoms with E-state index in [9.17, 15) is 14.4 Å². The number of ether oxygens (including phenoxy) is 3. The highest BCUT2D eigenvalue weighted by atomic mass is 32.2. The van der Waals surface area contributed by atoms with E-state index in [1.807, 2.05) is 78.9 Å². The predicted molar refractivity (Wildman–Crippen MR) is 157 cm³/mol. The van der Waals surface area contributed by atoms with Gasteiger partial charge in [0.1, 0.15) is 17.2 Å². The lowest BCUT2D eigenvalue weighted by Gasteiger charge is -2.51. The highest BCUT2D eigenvalue weighted by molar-refractivity contribution is 8.00. The van der Waals surface area contributed by atoms with E-state index in [0.29, 0.717) is 37.8 Å². The standard InChI is InChI=1S/C32H31N3O6S/c36-26(20-40-24-14-8-3-9-15-24)33-27-30(37)35-28(25(21-42-31(27)35)34-16-18-39-19-17-34)32(38)41-29(22-10-4-1-5-11-22)23-12-6-2-7-13-23/h1-15,27,29,31H,16-21H2,(H,33,36)/t27-,31-/m0/s1. The second-order valence-corrected chi connectivity index (χ2v) is 11.2. The number of carbonyl (C=O) groups is 3. The number of β-lactam (4-membered cyclic amide) rings is 1. The van der Waals surface area contributed by atoms with Gasteiger partial charge in [-0.05, 0) is 23.3 Å². The minimum Gasteiger partial charge on any atom is -0.484 e. The summed E-state index contributed by atoms with van der Waals surface area (Å²) in [6.45, 7) is 2.06. The van der Waals surface area contributed by atoms with E-state index < -0.39 is 29.4 Å².